The van der Waals surface area contributed by atoms with E-state index >= 15 is 0 Å². The first-order valence-electron chi connectivity index (χ1n) is 8.97. The van der Waals surface area contributed by atoms with Crippen molar-refractivity contribution in [2.45, 2.75) is 72.3 Å². The van der Waals surface area contributed by atoms with Gasteiger partial charge in [0.15, 0.2) is 0 Å². The van der Waals surface area contributed by atoms with Crippen LogP contribution in [0.4, 0.5) is 0 Å². The lowest BCUT2D eigenvalue weighted by atomic mass is 9.69. The summed E-state index contributed by atoms with van der Waals surface area (Å²) in [6.45, 7) is 13.7. The van der Waals surface area contributed by atoms with E-state index in [1.54, 1.807) is 0 Å². The molecule has 0 unspecified atom stereocenters. The number of hydrogen-bond donors (Lipinski definition) is 1. The standard InChI is InChI=1S/C21H31NO/c1-19(2,3)15-9-7-14(8-10-15)18(23)22-17-13-16-11-12-21(17,6)20(16,4)5/h7-10,16-17H,11-13H2,1-6H3,(H,22,23)/t16-,17-,21+/m0/s1. The molecular formula is C21H31NO. The Balaban J connectivity index is 1.74. The molecule has 126 valence electrons. The predicted octanol–water partition coefficient (Wildman–Crippen LogP) is 4.93. The first-order valence-corrected chi connectivity index (χ1v) is 8.97. The minimum Gasteiger partial charge on any atom is -0.349 e. The van der Waals surface area contributed by atoms with Gasteiger partial charge in [0.2, 0.25) is 0 Å². The van der Waals surface area contributed by atoms with E-state index < -0.39 is 0 Å². The van der Waals surface area contributed by atoms with Crippen molar-refractivity contribution in [2.75, 3.05) is 0 Å². The fraction of sp³-hybridized carbons (Fsp3) is 0.667. The molecule has 0 spiro atoms. The summed E-state index contributed by atoms with van der Waals surface area (Å²) in [4.78, 5) is 12.7. The van der Waals surface area contributed by atoms with Crippen LogP contribution >= 0.6 is 0 Å². The van der Waals surface area contributed by atoms with Crippen molar-refractivity contribution in [2.24, 2.45) is 16.7 Å². The zero-order valence-corrected chi connectivity index (χ0v) is 15.5. The molecule has 0 radical (unpaired) electrons. The number of rotatable bonds is 2. The molecule has 2 aliphatic rings. The summed E-state index contributed by atoms with van der Waals surface area (Å²) in [6.07, 6.45) is 3.68. The lowest BCUT2D eigenvalue weighted by molar-refractivity contribution is 0.0826. The van der Waals surface area contributed by atoms with Crippen LogP contribution in [0.2, 0.25) is 0 Å². The predicted molar refractivity (Wildman–Crippen MR) is 95.6 cm³/mol. The van der Waals surface area contributed by atoms with E-state index in [1.807, 2.05) is 12.1 Å². The number of benzene rings is 1. The minimum absolute atomic E-state index is 0.0834. The van der Waals surface area contributed by atoms with Crippen LogP contribution in [0, 0.1) is 16.7 Å². The maximum absolute atomic E-state index is 12.7. The Morgan fingerprint density at radius 2 is 1.74 bits per heavy atom. The Bertz CT molecular complexity index is 608. The minimum atomic E-state index is 0.0834. The molecule has 1 N–H and O–H groups in total. The van der Waals surface area contributed by atoms with Crippen LogP contribution in [-0.4, -0.2) is 11.9 Å². The van der Waals surface area contributed by atoms with Gasteiger partial charge in [-0.3, -0.25) is 4.79 Å². The van der Waals surface area contributed by atoms with E-state index in [1.165, 1.54) is 18.4 Å². The smallest absolute Gasteiger partial charge is 0.251 e. The summed E-state index contributed by atoms with van der Waals surface area (Å²) in [7, 11) is 0. The highest BCUT2D eigenvalue weighted by molar-refractivity contribution is 5.94. The van der Waals surface area contributed by atoms with Crippen molar-refractivity contribution in [3.63, 3.8) is 0 Å². The molecule has 1 aromatic carbocycles. The SMILES string of the molecule is CC(C)(C)c1ccc(C(=O)N[C@H]2C[C@@H]3CC[C@@]2(C)C3(C)C)cc1. The topological polar surface area (TPSA) is 29.1 Å². The molecule has 0 aromatic heterocycles. The van der Waals surface area contributed by atoms with Gasteiger partial charge in [0.1, 0.15) is 0 Å². The molecule has 2 saturated carbocycles. The Labute approximate surface area is 141 Å². The molecule has 3 rings (SSSR count). The second kappa shape index (κ2) is 5.09. The first-order chi connectivity index (χ1) is 10.6. The molecule has 23 heavy (non-hydrogen) atoms. The van der Waals surface area contributed by atoms with Gasteiger partial charge < -0.3 is 5.32 Å². The maximum atomic E-state index is 12.7. The zero-order chi connectivity index (χ0) is 17.0. The molecule has 1 amide bonds. The molecular weight excluding hydrogens is 282 g/mol. The molecule has 2 bridgehead atoms. The molecule has 2 fully saturated rings. The van der Waals surface area contributed by atoms with Gasteiger partial charge in [-0.15, -0.1) is 0 Å². The highest BCUT2D eigenvalue weighted by atomic mass is 16.1. The van der Waals surface area contributed by atoms with Crippen LogP contribution < -0.4 is 5.32 Å². The lowest BCUT2D eigenvalue weighted by Crippen LogP contribution is -2.46. The van der Waals surface area contributed by atoms with E-state index in [-0.39, 0.29) is 16.7 Å². The third-order valence-electron chi connectivity index (χ3n) is 7.11. The van der Waals surface area contributed by atoms with Crippen molar-refractivity contribution < 1.29 is 4.79 Å². The van der Waals surface area contributed by atoms with Crippen LogP contribution in [0.5, 0.6) is 0 Å². The molecule has 0 saturated heterocycles. The van der Waals surface area contributed by atoms with Crippen molar-refractivity contribution in [1.29, 1.82) is 0 Å². The van der Waals surface area contributed by atoms with Crippen LogP contribution in [-0.2, 0) is 5.41 Å². The second-order valence-electron chi connectivity index (χ2n) is 9.46. The molecule has 0 heterocycles. The van der Waals surface area contributed by atoms with Gasteiger partial charge in [0.05, 0.1) is 0 Å². The fourth-order valence-electron chi connectivity index (χ4n) is 4.79. The third kappa shape index (κ3) is 2.51. The Hall–Kier alpha value is -1.31. The average molecular weight is 313 g/mol. The van der Waals surface area contributed by atoms with Crippen LogP contribution in [0.25, 0.3) is 0 Å². The monoisotopic (exact) mass is 313 g/mol. The van der Waals surface area contributed by atoms with E-state index in [9.17, 15) is 4.79 Å². The van der Waals surface area contributed by atoms with Gasteiger partial charge >= 0.3 is 0 Å². The zero-order valence-electron chi connectivity index (χ0n) is 15.5. The summed E-state index contributed by atoms with van der Waals surface area (Å²) in [6, 6.07) is 8.42. The lowest BCUT2D eigenvalue weighted by Gasteiger charge is -2.39. The fourth-order valence-corrected chi connectivity index (χ4v) is 4.79. The Kier molecular flexibility index (Phi) is 3.66. The average Bonchev–Trinajstić information content (AvgIpc) is 2.80. The van der Waals surface area contributed by atoms with Crippen LogP contribution in [0.1, 0.15) is 76.7 Å². The number of fused-ring (bicyclic) bond motifs is 2. The number of carbonyl (C=O) groups is 1. The van der Waals surface area contributed by atoms with Gasteiger partial charge in [-0.25, -0.2) is 0 Å². The van der Waals surface area contributed by atoms with Gasteiger partial charge in [-0.1, -0.05) is 53.7 Å². The first kappa shape index (κ1) is 16.5. The number of nitrogens with one attached hydrogen (secondary N) is 1. The maximum Gasteiger partial charge on any atom is 0.251 e. The molecule has 0 aliphatic heterocycles. The van der Waals surface area contributed by atoms with Crippen molar-refractivity contribution in [3.8, 4) is 0 Å². The third-order valence-corrected chi connectivity index (χ3v) is 7.11. The quantitative estimate of drug-likeness (QED) is 0.824. The van der Waals surface area contributed by atoms with Crippen molar-refractivity contribution in [3.05, 3.63) is 35.4 Å². The summed E-state index contributed by atoms with van der Waals surface area (Å²) in [5.41, 5.74) is 2.74. The van der Waals surface area contributed by atoms with Crippen molar-refractivity contribution in [1.82, 2.24) is 5.32 Å². The normalized spacial score (nSPS) is 32.1. The molecule has 2 nitrogen and oxygen atoms in total. The highest BCUT2D eigenvalue weighted by Crippen LogP contribution is 2.65. The Morgan fingerprint density at radius 1 is 1.13 bits per heavy atom. The Morgan fingerprint density at radius 3 is 2.17 bits per heavy atom. The van der Waals surface area contributed by atoms with Gasteiger partial charge in [-0.2, -0.15) is 0 Å². The number of hydrogen-bond acceptors (Lipinski definition) is 1. The van der Waals surface area contributed by atoms with Gasteiger partial charge in [0.25, 0.3) is 5.91 Å². The molecule has 2 heteroatoms. The number of carbonyl (C=O) groups excluding carboxylic acids is 1. The van der Waals surface area contributed by atoms with E-state index in [0.29, 0.717) is 11.5 Å². The molecule has 2 aliphatic carbocycles. The largest absolute Gasteiger partial charge is 0.349 e. The van der Waals surface area contributed by atoms with Crippen molar-refractivity contribution >= 4 is 5.91 Å². The summed E-state index contributed by atoms with van der Waals surface area (Å²) >= 11 is 0. The van der Waals surface area contributed by atoms with Crippen LogP contribution in [0.3, 0.4) is 0 Å². The van der Waals surface area contributed by atoms with Gasteiger partial charge in [-0.05, 0) is 59.1 Å². The second-order valence-corrected chi connectivity index (χ2v) is 9.46. The summed E-state index contributed by atoms with van der Waals surface area (Å²) < 4.78 is 0. The van der Waals surface area contributed by atoms with Gasteiger partial charge in [0, 0.05) is 11.6 Å². The van der Waals surface area contributed by atoms with E-state index in [4.69, 9.17) is 0 Å². The van der Waals surface area contributed by atoms with E-state index in [2.05, 4.69) is 59.0 Å². The summed E-state index contributed by atoms with van der Waals surface area (Å²) in [5, 5.41) is 3.34. The summed E-state index contributed by atoms with van der Waals surface area (Å²) in [5.74, 6) is 0.834. The highest BCUT2D eigenvalue weighted by Gasteiger charge is 2.61. The molecule has 1 aromatic rings. The molecule has 3 atom stereocenters. The van der Waals surface area contributed by atoms with E-state index in [0.717, 1.165) is 17.9 Å². The van der Waals surface area contributed by atoms with Crippen LogP contribution in [0.15, 0.2) is 24.3 Å². The number of amides is 1.